The van der Waals surface area contributed by atoms with E-state index in [1.54, 1.807) is 23.7 Å². The molecular formula is C22H21N3O2S. The van der Waals surface area contributed by atoms with Crippen molar-refractivity contribution in [2.24, 2.45) is 0 Å². The molecule has 0 aliphatic heterocycles. The molecule has 3 aromatic heterocycles. The summed E-state index contributed by atoms with van der Waals surface area (Å²) in [5.41, 5.74) is 2.01. The first-order valence-corrected chi connectivity index (χ1v) is 9.93. The number of thiophene rings is 1. The number of pyridine rings is 1. The van der Waals surface area contributed by atoms with Gasteiger partial charge in [-0.05, 0) is 49.8 Å². The molecule has 3 heterocycles. The quantitative estimate of drug-likeness (QED) is 0.522. The average molecular weight is 391 g/mol. The normalized spacial score (nSPS) is 12.4. The molecule has 5 nitrogen and oxygen atoms in total. The molecule has 0 radical (unpaired) electrons. The number of nitrogens with one attached hydrogen (secondary N) is 1. The molecule has 1 amide bonds. The van der Waals surface area contributed by atoms with Crippen molar-refractivity contribution in [1.82, 2.24) is 15.2 Å². The third-order valence-electron chi connectivity index (χ3n) is 4.69. The summed E-state index contributed by atoms with van der Waals surface area (Å²) in [4.78, 5) is 21.1. The Hall–Kier alpha value is -2.96. The summed E-state index contributed by atoms with van der Waals surface area (Å²) in [6, 6.07) is 17.4. The lowest BCUT2D eigenvalue weighted by Crippen LogP contribution is -2.34. The number of hydrogen-bond donors (Lipinski definition) is 1. The van der Waals surface area contributed by atoms with Gasteiger partial charge in [-0.2, -0.15) is 0 Å². The molecule has 1 atom stereocenters. The molecule has 0 aliphatic carbocycles. The number of rotatable bonds is 6. The molecule has 1 aromatic carbocycles. The van der Waals surface area contributed by atoms with E-state index in [-0.39, 0.29) is 11.9 Å². The van der Waals surface area contributed by atoms with Gasteiger partial charge in [0.05, 0.1) is 23.4 Å². The summed E-state index contributed by atoms with van der Waals surface area (Å²) in [6.07, 6.45) is 1.61. The van der Waals surface area contributed by atoms with E-state index in [0.717, 1.165) is 10.9 Å². The van der Waals surface area contributed by atoms with Crippen molar-refractivity contribution in [3.05, 3.63) is 76.7 Å². The van der Waals surface area contributed by atoms with E-state index in [1.807, 2.05) is 56.6 Å². The summed E-state index contributed by atoms with van der Waals surface area (Å²) in [6.45, 7) is 0.527. The molecule has 0 spiro atoms. The van der Waals surface area contributed by atoms with Crippen molar-refractivity contribution in [3.8, 4) is 11.5 Å². The number of benzene rings is 1. The molecule has 4 rings (SSSR count). The van der Waals surface area contributed by atoms with E-state index in [2.05, 4.69) is 26.6 Å². The van der Waals surface area contributed by atoms with Crippen LogP contribution in [0.25, 0.3) is 22.4 Å². The van der Waals surface area contributed by atoms with Gasteiger partial charge < -0.3 is 14.6 Å². The van der Waals surface area contributed by atoms with E-state index < -0.39 is 0 Å². The summed E-state index contributed by atoms with van der Waals surface area (Å²) < 4.78 is 5.48. The van der Waals surface area contributed by atoms with Crippen LogP contribution in [-0.2, 0) is 0 Å². The first-order chi connectivity index (χ1) is 13.6. The third kappa shape index (κ3) is 3.69. The Balaban J connectivity index is 1.65. The minimum atomic E-state index is -0.116. The standard InChI is InChI=1S/C22H21N3O2S/c1-25(2)19(21-10-6-12-28-21)14-23-22(26)16-13-18(20-9-5-11-27-20)24-17-8-4-3-7-15(16)17/h3-13,19H,14H2,1-2H3,(H,23,26). The van der Waals surface area contributed by atoms with Crippen LogP contribution in [0.15, 0.2) is 70.7 Å². The van der Waals surface area contributed by atoms with Crippen molar-refractivity contribution >= 4 is 28.1 Å². The fraction of sp³-hybridized carbons (Fsp3) is 0.182. The Morgan fingerprint density at radius 3 is 2.75 bits per heavy atom. The van der Waals surface area contributed by atoms with Gasteiger partial charge in [-0.3, -0.25) is 4.79 Å². The minimum absolute atomic E-state index is 0.116. The molecule has 6 heteroatoms. The first kappa shape index (κ1) is 18.4. The Bertz CT molecular complexity index is 1070. The molecule has 4 aromatic rings. The van der Waals surface area contributed by atoms with E-state index in [4.69, 9.17) is 4.42 Å². The lowest BCUT2D eigenvalue weighted by Gasteiger charge is -2.23. The maximum absolute atomic E-state index is 13.1. The number of hydrogen-bond acceptors (Lipinski definition) is 5. The van der Waals surface area contributed by atoms with Crippen LogP contribution in [0.1, 0.15) is 21.3 Å². The average Bonchev–Trinajstić information content (AvgIpc) is 3.41. The number of fused-ring (bicyclic) bond motifs is 1. The lowest BCUT2D eigenvalue weighted by molar-refractivity contribution is 0.0944. The molecule has 1 unspecified atom stereocenters. The van der Waals surface area contributed by atoms with Gasteiger partial charge in [-0.25, -0.2) is 4.98 Å². The number of aromatic nitrogens is 1. The molecular weight excluding hydrogens is 370 g/mol. The van der Waals surface area contributed by atoms with Crippen LogP contribution in [0.2, 0.25) is 0 Å². The number of nitrogens with zero attached hydrogens (tertiary/aromatic N) is 2. The smallest absolute Gasteiger partial charge is 0.252 e. The SMILES string of the molecule is CN(C)C(CNC(=O)c1cc(-c2ccco2)nc2ccccc12)c1cccs1. The van der Waals surface area contributed by atoms with Gasteiger partial charge in [-0.15, -0.1) is 11.3 Å². The van der Waals surface area contributed by atoms with Gasteiger partial charge in [0.1, 0.15) is 5.69 Å². The van der Waals surface area contributed by atoms with Crippen LogP contribution in [0, 0.1) is 0 Å². The van der Waals surface area contributed by atoms with Gasteiger partial charge in [0.15, 0.2) is 5.76 Å². The van der Waals surface area contributed by atoms with E-state index in [9.17, 15) is 4.79 Å². The summed E-state index contributed by atoms with van der Waals surface area (Å²) in [5, 5.41) is 5.98. The second-order valence-electron chi connectivity index (χ2n) is 6.75. The largest absolute Gasteiger partial charge is 0.463 e. The zero-order valence-corrected chi connectivity index (χ0v) is 16.6. The second-order valence-corrected chi connectivity index (χ2v) is 7.73. The molecule has 28 heavy (non-hydrogen) atoms. The maximum Gasteiger partial charge on any atom is 0.252 e. The Morgan fingerprint density at radius 1 is 1.18 bits per heavy atom. The summed E-state index contributed by atoms with van der Waals surface area (Å²) in [7, 11) is 4.04. The number of carbonyl (C=O) groups is 1. The molecule has 0 bridgehead atoms. The third-order valence-corrected chi connectivity index (χ3v) is 5.66. The number of furan rings is 1. The van der Waals surface area contributed by atoms with Crippen LogP contribution in [0.5, 0.6) is 0 Å². The fourth-order valence-electron chi connectivity index (χ4n) is 3.22. The van der Waals surface area contributed by atoms with Crippen molar-refractivity contribution < 1.29 is 9.21 Å². The van der Waals surface area contributed by atoms with Crippen LogP contribution in [-0.4, -0.2) is 36.4 Å². The number of amides is 1. The van der Waals surface area contributed by atoms with E-state index in [1.165, 1.54) is 4.88 Å². The highest BCUT2D eigenvalue weighted by Gasteiger charge is 2.19. The molecule has 0 saturated carbocycles. The van der Waals surface area contributed by atoms with Crippen LogP contribution >= 0.6 is 11.3 Å². The fourth-order valence-corrected chi connectivity index (χ4v) is 4.14. The van der Waals surface area contributed by atoms with Crippen LogP contribution in [0.4, 0.5) is 0 Å². The number of para-hydroxylation sites is 1. The zero-order valence-electron chi connectivity index (χ0n) is 15.8. The van der Waals surface area contributed by atoms with Gasteiger partial charge in [0.2, 0.25) is 0 Å². The zero-order chi connectivity index (χ0) is 19.5. The highest BCUT2D eigenvalue weighted by Crippen LogP contribution is 2.26. The van der Waals surface area contributed by atoms with Crippen molar-refractivity contribution in [3.63, 3.8) is 0 Å². The van der Waals surface area contributed by atoms with Gasteiger partial charge in [0.25, 0.3) is 5.91 Å². The van der Waals surface area contributed by atoms with Crippen molar-refractivity contribution in [2.45, 2.75) is 6.04 Å². The highest BCUT2D eigenvalue weighted by molar-refractivity contribution is 7.10. The van der Waals surface area contributed by atoms with Gasteiger partial charge in [-0.1, -0.05) is 24.3 Å². The van der Waals surface area contributed by atoms with Crippen LogP contribution < -0.4 is 5.32 Å². The lowest BCUT2D eigenvalue weighted by atomic mass is 10.1. The highest BCUT2D eigenvalue weighted by atomic mass is 32.1. The maximum atomic E-state index is 13.1. The van der Waals surface area contributed by atoms with Crippen molar-refractivity contribution in [2.75, 3.05) is 20.6 Å². The molecule has 1 N–H and O–H groups in total. The van der Waals surface area contributed by atoms with E-state index in [0.29, 0.717) is 23.6 Å². The number of likely N-dealkylation sites (N-methyl/N-ethyl adjacent to an activating group) is 1. The topological polar surface area (TPSA) is 58.4 Å². The van der Waals surface area contributed by atoms with Crippen molar-refractivity contribution in [1.29, 1.82) is 0 Å². The Morgan fingerprint density at radius 2 is 2.04 bits per heavy atom. The Kier molecular flexibility index (Phi) is 5.23. The summed E-state index contributed by atoms with van der Waals surface area (Å²) >= 11 is 1.69. The first-order valence-electron chi connectivity index (χ1n) is 9.05. The van der Waals surface area contributed by atoms with E-state index >= 15 is 0 Å². The van der Waals surface area contributed by atoms with Gasteiger partial charge in [0, 0.05) is 16.8 Å². The molecule has 0 fully saturated rings. The Labute approximate surface area is 167 Å². The second kappa shape index (κ2) is 7.96. The predicted molar refractivity (Wildman–Crippen MR) is 113 cm³/mol. The monoisotopic (exact) mass is 391 g/mol. The van der Waals surface area contributed by atoms with Gasteiger partial charge >= 0.3 is 0 Å². The summed E-state index contributed by atoms with van der Waals surface area (Å²) in [5.74, 6) is 0.527. The molecule has 0 aliphatic rings. The minimum Gasteiger partial charge on any atom is -0.463 e. The molecule has 142 valence electrons. The van der Waals surface area contributed by atoms with Crippen LogP contribution in [0.3, 0.4) is 0 Å². The number of carbonyl (C=O) groups excluding carboxylic acids is 1. The predicted octanol–water partition coefficient (Wildman–Crippen LogP) is 4.59. The molecule has 0 saturated heterocycles.